The lowest BCUT2D eigenvalue weighted by Crippen LogP contribution is -3.12. The molecule has 0 radical (unpaired) electrons. The molecule has 1 amide bonds. The number of hydrogen-bond acceptors (Lipinski definition) is 2. The van der Waals surface area contributed by atoms with E-state index >= 15 is 0 Å². The molecule has 0 fully saturated rings. The highest BCUT2D eigenvalue weighted by Crippen LogP contribution is 2.22. The van der Waals surface area contributed by atoms with Crippen LogP contribution in [-0.4, -0.2) is 26.1 Å². The highest BCUT2D eigenvalue weighted by molar-refractivity contribution is 6.30. The second-order valence-corrected chi connectivity index (χ2v) is 6.00. The van der Waals surface area contributed by atoms with Crippen LogP contribution in [0, 0.1) is 0 Å². The van der Waals surface area contributed by atoms with Crippen molar-refractivity contribution in [3.63, 3.8) is 0 Å². The fourth-order valence-corrected chi connectivity index (χ4v) is 2.42. The molecule has 0 spiro atoms. The summed E-state index contributed by atoms with van der Waals surface area (Å²) in [6.07, 6.45) is 0. The molecule has 0 aliphatic carbocycles. The number of carbonyl (C=O) groups is 1. The Hall–Kier alpha value is -2.04. The topological polar surface area (TPSA) is 42.8 Å². The Labute approximate surface area is 142 Å². The molecule has 0 bridgehead atoms. The zero-order valence-electron chi connectivity index (χ0n) is 13.6. The first-order valence-electron chi connectivity index (χ1n) is 7.52. The van der Waals surface area contributed by atoms with Gasteiger partial charge in [0.1, 0.15) is 12.3 Å². The number of para-hydroxylation sites is 2. The van der Waals surface area contributed by atoms with Crippen LogP contribution in [0.4, 0.5) is 5.69 Å². The van der Waals surface area contributed by atoms with Crippen LogP contribution in [0.1, 0.15) is 12.5 Å². The van der Waals surface area contributed by atoms with Gasteiger partial charge in [0, 0.05) is 10.6 Å². The van der Waals surface area contributed by atoms with Crippen molar-refractivity contribution in [1.82, 2.24) is 0 Å². The third-order valence-electron chi connectivity index (χ3n) is 3.89. The van der Waals surface area contributed by atoms with Crippen LogP contribution in [0.5, 0.6) is 5.75 Å². The SMILES string of the molecule is COc1ccccc1NC(=O)[C@H](C)[NH+](C)Cc1ccc(Cl)cc1. The van der Waals surface area contributed by atoms with Crippen molar-refractivity contribution in [2.24, 2.45) is 0 Å². The first kappa shape index (κ1) is 17.3. The first-order chi connectivity index (χ1) is 11.0. The van der Waals surface area contributed by atoms with Crippen LogP contribution in [0.3, 0.4) is 0 Å². The van der Waals surface area contributed by atoms with Crippen molar-refractivity contribution >= 4 is 23.2 Å². The van der Waals surface area contributed by atoms with Gasteiger partial charge in [-0.1, -0.05) is 35.9 Å². The summed E-state index contributed by atoms with van der Waals surface area (Å²) in [6.45, 7) is 2.66. The fraction of sp³-hybridized carbons (Fsp3) is 0.278. The predicted octanol–water partition coefficient (Wildman–Crippen LogP) is 2.39. The van der Waals surface area contributed by atoms with Crippen LogP contribution in [0.2, 0.25) is 5.02 Å². The van der Waals surface area contributed by atoms with E-state index in [1.807, 2.05) is 62.5 Å². The average Bonchev–Trinajstić information content (AvgIpc) is 2.56. The summed E-state index contributed by atoms with van der Waals surface area (Å²) in [5.41, 5.74) is 1.83. The molecule has 0 aromatic heterocycles. The molecule has 1 unspecified atom stereocenters. The summed E-state index contributed by atoms with van der Waals surface area (Å²) in [5, 5.41) is 3.65. The molecule has 0 aliphatic heterocycles. The van der Waals surface area contributed by atoms with Gasteiger partial charge >= 0.3 is 0 Å². The molecule has 0 aliphatic rings. The molecular weight excluding hydrogens is 312 g/mol. The minimum Gasteiger partial charge on any atom is -0.495 e. The molecule has 5 heteroatoms. The fourth-order valence-electron chi connectivity index (χ4n) is 2.29. The maximum absolute atomic E-state index is 12.5. The summed E-state index contributed by atoms with van der Waals surface area (Å²) in [6, 6.07) is 14.9. The first-order valence-corrected chi connectivity index (χ1v) is 7.89. The predicted molar refractivity (Wildman–Crippen MR) is 93.1 cm³/mol. The minimum absolute atomic E-state index is 0.0408. The van der Waals surface area contributed by atoms with E-state index in [-0.39, 0.29) is 11.9 Å². The number of ether oxygens (including phenoxy) is 1. The molecule has 2 aromatic rings. The Morgan fingerprint density at radius 3 is 2.52 bits per heavy atom. The van der Waals surface area contributed by atoms with Crippen LogP contribution < -0.4 is 15.0 Å². The minimum atomic E-state index is -0.199. The Kier molecular flexibility index (Phi) is 6.02. The van der Waals surface area contributed by atoms with Crippen molar-refractivity contribution in [1.29, 1.82) is 0 Å². The van der Waals surface area contributed by atoms with Crippen molar-refractivity contribution in [3.05, 3.63) is 59.1 Å². The Balaban J connectivity index is 1.99. The summed E-state index contributed by atoms with van der Waals surface area (Å²) < 4.78 is 5.26. The van der Waals surface area contributed by atoms with E-state index in [0.29, 0.717) is 16.5 Å². The Bertz CT molecular complexity index is 658. The van der Waals surface area contributed by atoms with Gasteiger partial charge in [0.05, 0.1) is 19.8 Å². The highest BCUT2D eigenvalue weighted by atomic mass is 35.5. The quantitative estimate of drug-likeness (QED) is 0.852. The lowest BCUT2D eigenvalue weighted by Gasteiger charge is -2.21. The average molecular weight is 334 g/mol. The van der Waals surface area contributed by atoms with Gasteiger partial charge in [-0.2, -0.15) is 0 Å². The number of likely N-dealkylation sites (N-methyl/N-ethyl adjacent to an activating group) is 1. The molecule has 2 aromatic carbocycles. The Morgan fingerprint density at radius 2 is 1.87 bits per heavy atom. The maximum atomic E-state index is 12.5. The normalized spacial score (nSPS) is 13.2. The number of halogens is 1. The third kappa shape index (κ3) is 4.71. The standard InChI is InChI=1S/C18H21ClN2O2/c1-13(21(2)12-14-8-10-15(19)11-9-14)18(22)20-16-6-4-5-7-17(16)23-3/h4-11,13H,12H2,1-3H3,(H,20,22)/p+1/t13-/m0/s1. The summed E-state index contributed by atoms with van der Waals surface area (Å²) >= 11 is 5.90. The largest absolute Gasteiger partial charge is 0.495 e. The zero-order valence-corrected chi connectivity index (χ0v) is 14.4. The van der Waals surface area contributed by atoms with E-state index in [0.717, 1.165) is 17.0 Å². The van der Waals surface area contributed by atoms with E-state index in [4.69, 9.17) is 16.3 Å². The molecule has 122 valence electrons. The highest BCUT2D eigenvalue weighted by Gasteiger charge is 2.22. The smallest absolute Gasteiger partial charge is 0.282 e. The summed E-state index contributed by atoms with van der Waals surface area (Å²) in [5.74, 6) is 0.615. The third-order valence-corrected chi connectivity index (χ3v) is 4.15. The number of carbonyl (C=O) groups excluding carboxylic acids is 1. The molecule has 23 heavy (non-hydrogen) atoms. The monoisotopic (exact) mass is 333 g/mol. The van der Waals surface area contributed by atoms with E-state index < -0.39 is 0 Å². The number of amides is 1. The van der Waals surface area contributed by atoms with Gasteiger partial charge in [-0.05, 0) is 31.2 Å². The van der Waals surface area contributed by atoms with Crippen molar-refractivity contribution in [2.45, 2.75) is 19.5 Å². The molecule has 2 rings (SSSR count). The molecule has 0 heterocycles. The maximum Gasteiger partial charge on any atom is 0.282 e. The summed E-state index contributed by atoms with van der Waals surface area (Å²) in [7, 11) is 3.59. The number of rotatable bonds is 6. The van der Waals surface area contributed by atoms with Crippen LogP contribution in [0.15, 0.2) is 48.5 Å². The molecule has 2 atom stereocenters. The van der Waals surface area contributed by atoms with E-state index in [1.54, 1.807) is 7.11 Å². The lowest BCUT2D eigenvalue weighted by atomic mass is 10.2. The van der Waals surface area contributed by atoms with E-state index in [1.165, 1.54) is 0 Å². The van der Waals surface area contributed by atoms with Gasteiger partial charge in [-0.15, -0.1) is 0 Å². The number of nitrogens with one attached hydrogen (secondary N) is 2. The molecule has 0 saturated heterocycles. The van der Waals surface area contributed by atoms with Gasteiger partial charge in [-0.25, -0.2) is 0 Å². The van der Waals surface area contributed by atoms with Gasteiger partial charge in [0.2, 0.25) is 0 Å². The van der Waals surface area contributed by atoms with Crippen molar-refractivity contribution in [3.8, 4) is 5.75 Å². The van der Waals surface area contributed by atoms with E-state index in [2.05, 4.69) is 5.32 Å². The number of benzene rings is 2. The van der Waals surface area contributed by atoms with Crippen LogP contribution >= 0.6 is 11.6 Å². The van der Waals surface area contributed by atoms with Crippen LogP contribution in [0.25, 0.3) is 0 Å². The number of hydrogen-bond donors (Lipinski definition) is 2. The molecule has 2 N–H and O–H groups in total. The zero-order chi connectivity index (χ0) is 16.8. The second kappa shape index (κ2) is 7.99. The molecule has 4 nitrogen and oxygen atoms in total. The lowest BCUT2D eigenvalue weighted by molar-refractivity contribution is -0.907. The van der Waals surface area contributed by atoms with Crippen molar-refractivity contribution in [2.75, 3.05) is 19.5 Å². The number of quaternary nitrogens is 1. The van der Waals surface area contributed by atoms with Gasteiger partial charge < -0.3 is 15.0 Å². The van der Waals surface area contributed by atoms with E-state index in [9.17, 15) is 4.79 Å². The molecular formula is C18H22ClN2O2+. The summed E-state index contributed by atoms with van der Waals surface area (Å²) in [4.78, 5) is 13.6. The van der Waals surface area contributed by atoms with Crippen LogP contribution in [-0.2, 0) is 11.3 Å². The van der Waals surface area contributed by atoms with Gasteiger partial charge in [-0.3, -0.25) is 4.79 Å². The van der Waals surface area contributed by atoms with Gasteiger partial charge in [0.25, 0.3) is 5.91 Å². The van der Waals surface area contributed by atoms with Crippen molar-refractivity contribution < 1.29 is 14.4 Å². The number of anilines is 1. The second-order valence-electron chi connectivity index (χ2n) is 5.56. The number of methoxy groups -OCH3 is 1. The molecule has 0 saturated carbocycles. The van der Waals surface area contributed by atoms with Gasteiger partial charge in [0.15, 0.2) is 6.04 Å². The Morgan fingerprint density at radius 1 is 1.22 bits per heavy atom.